The summed E-state index contributed by atoms with van der Waals surface area (Å²) in [5, 5.41) is 8.95. The van der Waals surface area contributed by atoms with Gasteiger partial charge in [-0.05, 0) is 29.8 Å². The normalized spacial score (nSPS) is 15.5. The number of nitrogens with zero attached hydrogens (tertiary/aromatic N) is 3. The molecule has 2 heterocycles. The van der Waals surface area contributed by atoms with Crippen LogP contribution >= 0.6 is 0 Å². The predicted octanol–water partition coefficient (Wildman–Crippen LogP) is 0.634. The second kappa shape index (κ2) is 9.68. The molecule has 158 valence electrons. The van der Waals surface area contributed by atoms with Gasteiger partial charge in [0.05, 0.1) is 13.5 Å². The SMILES string of the molecule is COC(=O)CC1Nc2ccc(C(=O)NCCNc3ncccn3)cc2CN(C)C1=O. The maximum absolute atomic E-state index is 12.5. The second-order valence-electron chi connectivity index (χ2n) is 6.80. The molecule has 0 spiro atoms. The first kappa shape index (κ1) is 21.0. The van der Waals surface area contributed by atoms with E-state index in [9.17, 15) is 14.4 Å². The number of carbonyl (C=O) groups excluding carboxylic acids is 3. The van der Waals surface area contributed by atoms with Gasteiger partial charge in [0.25, 0.3) is 5.91 Å². The summed E-state index contributed by atoms with van der Waals surface area (Å²) < 4.78 is 4.68. The second-order valence-corrected chi connectivity index (χ2v) is 6.80. The molecule has 10 heteroatoms. The number of ether oxygens (including phenoxy) is 1. The molecule has 0 radical (unpaired) electrons. The van der Waals surface area contributed by atoms with Gasteiger partial charge in [0.1, 0.15) is 6.04 Å². The molecule has 2 amide bonds. The molecule has 1 aromatic carbocycles. The lowest BCUT2D eigenvalue weighted by molar-refractivity contribution is -0.143. The highest BCUT2D eigenvalue weighted by molar-refractivity contribution is 5.95. The number of benzene rings is 1. The van der Waals surface area contributed by atoms with Crippen molar-refractivity contribution in [3.05, 3.63) is 47.8 Å². The van der Waals surface area contributed by atoms with Gasteiger partial charge in [0, 0.05) is 50.3 Å². The monoisotopic (exact) mass is 412 g/mol. The average molecular weight is 412 g/mol. The molecule has 1 atom stereocenters. The Kier molecular flexibility index (Phi) is 6.79. The first-order valence-electron chi connectivity index (χ1n) is 9.48. The molecule has 3 rings (SSSR count). The highest BCUT2D eigenvalue weighted by Gasteiger charge is 2.29. The van der Waals surface area contributed by atoms with Crippen LogP contribution in [0.25, 0.3) is 0 Å². The van der Waals surface area contributed by atoms with E-state index in [0.29, 0.717) is 36.8 Å². The molecule has 2 aromatic rings. The van der Waals surface area contributed by atoms with Crippen molar-refractivity contribution in [3.8, 4) is 0 Å². The van der Waals surface area contributed by atoms with Crippen LogP contribution in [0, 0.1) is 0 Å². The fourth-order valence-corrected chi connectivity index (χ4v) is 3.09. The number of esters is 1. The van der Waals surface area contributed by atoms with E-state index in [1.807, 2.05) is 0 Å². The average Bonchev–Trinajstić information content (AvgIpc) is 2.87. The Morgan fingerprint density at radius 3 is 2.77 bits per heavy atom. The maximum atomic E-state index is 12.5. The maximum Gasteiger partial charge on any atom is 0.308 e. The number of nitrogens with one attached hydrogen (secondary N) is 3. The highest BCUT2D eigenvalue weighted by atomic mass is 16.5. The van der Waals surface area contributed by atoms with Gasteiger partial charge < -0.3 is 25.6 Å². The summed E-state index contributed by atoms with van der Waals surface area (Å²) in [5.74, 6) is -0.407. The van der Waals surface area contributed by atoms with E-state index in [1.54, 1.807) is 43.7 Å². The van der Waals surface area contributed by atoms with Crippen molar-refractivity contribution in [2.24, 2.45) is 0 Å². The predicted molar refractivity (Wildman–Crippen MR) is 110 cm³/mol. The van der Waals surface area contributed by atoms with E-state index in [0.717, 1.165) is 5.56 Å². The molecular formula is C20H24N6O4. The molecule has 0 bridgehead atoms. The number of likely N-dealkylation sites (N-methyl/N-ethyl adjacent to an activating group) is 1. The van der Waals surface area contributed by atoms with Gasteiger partial charge in [-0.2, -0.15) is 0 Å². The van der Waals surface area contributed by atoms with Crippen LogP contribution in [0.15, 0.2) is 36.7 Å². The Hall–Kier alpha value is -3.69. The summed E-state index contributed by atoms with van der Waals surface area (Å²) >= 11 is 0. The van der Waals surface area contributed by atoms with Crippen LogP contribution in [-0.2, 0) is 20.9 Å². The summed E-state index contributed by atoms with van der Waals surface area (Å²) in [6.07, 6.45) is 3.20. The van der Waals surface area contributed by atoms with Crippen molar-refractivity contribution in [2.75, 3.05) is 37.9 Å². The van der Waals surface area contributed by atoms with E-state index >= 15 is 0 Å². The molecule has 1 aliphatic rings. The zero-order chi connectivity index (χ0) is 21.5. The number of methoxy groups -OCH3 is 1. The summed E-state index contributed by atoms with van der Waals surface area (Å²) in [4.78, 5) is 46.3. The number of rotatable bonds is 7. The molecule has 3 N–H and O–H groups in total. The first-order chi connectivity index (χ1) is 14.5. The Morgan fingerprint density at radius 2 is 2.03 bits per heavy atom. The fraction of sp³-hybridized carbons (Fsp3) is 0.350. The van der Waals surface area contributed by atoms with Crippen LogP contribution in [0.2, 0.25) is 0 Å². The largest absolute Gasteiger partial charge is 0.469 e. The number of amides is 2. The zero-order valence-electron chi connectivity index (χ0n) is 16.8. The molecule has 30 heavy (non-hydrogen) atoms. The number of hydrogen-bond donors (Lipinski definition) is 3. The fourth-order valence-electron chi connectivity index (χ4n) is 3.09. The third kappa shape index (κ3) is 5.22. The van der Waals surface area contributed by atoms with Crippen molar-refractivity contribution >= 4 is 29.4 Å². The molecule has 1 unspecified atom stereocenters. The molecule has 0 saturated carbocycles. The van der Waals surface area contributed by atoms with Crippen LogP contribution in [0.1, 0.15) is 22.3 Å². The van der Waals surface area contributed by atoms with E-state index in [-0.39, 0.29) is 18.2 Å². The van der Waals surface area contributed by atoms with Crippen LogP contribution < -0.4 is 16.0 Å². The number of carbonyl (C=O) groups is 3. The topological polar surface area (TPSA) is 126 Å². The minimum atomic E-state index is -0.713. The standard InChI is InChI=1S/C20H24N6O4/c1-26-12-14-10-13(18(28)21-8-9-24-20-22-6-3-7-23-20)4-5-15(14)25-16(19(26)29)11-17(27)30-2/h3-7,10,16,25H,8-9,11-12H2,1-2H3,(H,21,28)(H,22,23,24). The van der Waals surface area contributed by atoms with Gasteiger partial charge >= 0.3 is 5.97 Å². The molecule has 1 aliphatic heterocycles. The Balaban J connectivity index is 1.62. The lowest BCUT2D eigenvalue weighted by Gasteiger charge is -2.19. The molecule has 10 nitrogen and oxygen atoms in total. The van der Waals surface area contributed by atoms with Crippen molar-refractivity contribution in [2.45, 2.75) is 19.0 Å². The summed E-state index contributed by atoms with van der Waals surface area (Å²) in [6.45, 7) is 1.20. The van der Waals surface area contributed by atoms with Crippen molar-refractivity contribution in [1.29, 1.82) is 0 Å². The Labute approximate surface area is 174 Å². The summed E-state index contributed by atoms with van der Waals surface area (Å²) in [5.41, 5.74) is 1.99. The minimum absolute atomic E-state index is 0.0700. The van der Waals surface area contributed by atoms with Crippen molar-refractivity contribution in [1.82, 2.24) is 20.2 Å². The van der Waals surface area contributed by atoms with Gasteiger partial charge in [-0.25, -0.2) is 9.97 Å². The minimum Gasteiger partial charge on any atom is -0.469 e. The Bertz CT molecular complexity index is 921. The third-order valence-electron chi connectivity index (χ3n) is 4.64. The van der Waals surface area contributed by atoms with Gasteiger partial charge in [-0.15, -0.1) is 0 Å². The van der Waals surface area contributed by atoms with Crippen LogP contribution in [-0.4, -0.2) is 65.9 Å². The first-order valence-corrected chi connectivity index (χ1v) is 9.48. The van der Waals surface area contributed by atoms with Crippen LogP contribution in [0.3, 0.4) is 0 Å². The highest BCUT2D eigenvalue weighted by Crippen LogP contribution is 2.25. The number of fused-ring (bicyclic) bond motifs is 1. The van der Waals surface area contributed by atoms with E-state index in [4.69, 9.17) is 0 Å². The van der Waals surface area contributed by atoms with Gasteiger partial charge in [-0.1, -0.05) is 0 Å². The number of anilines is 2. The Morgan fingerprint density at radius 1 is 1.27 bits per heavy atom. The van der Waals surface area contributed by atoms with Gasteiger partial charge in [0.2, 0.25) is 11.9 Å². The third-order valence-corrected chi connectivity index (χ3v) is 4.64. The zero-order valence-corrected chi connectivity index (χ0v) is 16.8. The quantitative estimate of drug-likeness (QED) is 0.447. The molecule has 0 saturated heterocycles. The van der Waals surface area contributed by atoms with E-state index in [1.165, 1.54) is 12.0 Å². The van der Waals surface area contributed by atoms with Gasteiger partial charge in [0.15, 0.2) is 0 Å². The lowest BCUT2D eigenvalue weighted by atomic mass is 10.1. The van der Waals surface area contributed by atoms with Crippen molar-refractivity contribution in [3.63, 3.8) is 0 Å². The number of aromatic nitrogens is 2. The van der Waals surface area contributed by atoms with E-state index in [2.05, 4.69) is 30.7 Å². The van der Waals surface area contributed by atoms with Crippen LogP contribution in [0.5, 0.6) is 0 Å². The molecule has 0 fully saturated rings. The van der Waals surface area contributed by atoms with Crippen molar-refractivity contribution < 1.29 is 19.1 Å². The van der Waals surface area contributed by atoms with Gasteiger partial charge in [-0.3, -0.25) is 14.4 Å². The molecular weight excluding hydrogens is 388 g/mol. The number of hydrogen-bond acceptors (Lipinski definition) is 8. The molecule has 0 aliphatic carbocycles. The van der Waals surface area contributed by atoms with Crippen LogP contribution in [0.4, 0.5) is 11.6 Å². The summed E-state index contributed by atoms with van der Waals surface area (Å²) in [7, 11) is 2.95. The lowest BCUT2D eigenvalue weighted by Crippen LogP contribution is -2.39. The molecule has 1 aromatic heterocycles. The smallest absolute Gasteiger partial charge is 0.308 e. The summed E-state index contributed by atoms with van der Waals surface area (Å²) in [6, 6.07) is 6.18. The van der Waals surface area contributed by atoms with E-state index < -0.39 is 12.0 Å².